The van der Waals surface area contributed by atoms with Crippen LogP contribution in [0.25, 0.3) is 0 Å². The van der Waals surface area contributed by atoms with E-state index in [2.05, 4.69) is 11.4 Å². The topological polar surface area (TPSA) is 78.9 Å². The summed E-state index contributed by atoms with van der Waals surface area (Å²) in [5.74, 6) is 0.275. The Kier molecular flexibility index (Phi) is 5.66. The highest BCUT2D eigenvalue weighted by atomic mass is 32.2. The largest absolute Gasteiger partial charge is 0.329 e. The van der Waals surface area contributed by atoms with Crippen LogP contribution in [0, 0.1) is 25.2 Å². The smallest absolute Gasteiger partial charge is 0.235 e. The number of nitrogens with zero attached hydrogens (tertiary/aromatic N) is 1. The molecule has 0 spiro atoms. The maximum absolute atomic E-state index is 11.7. The lowest BCUT2D eigenvalue weighted by Crippen LogP contribution is -2.19. The number of nitrogens with two attached hydrogens (primary N) is 1. The van der Waals surface area contributed by atoms with Crippen LogP contribution in [0.5, 0.6) is 0 Å². The summed E-state index contributed by atoms with van der Waals surface area (Å²) in [4.78, 5) is 12.8. The molecule has 0 saturated heterocycles. The van der Waals surface area contributed by atoms with Gasteiger partial charge < -0.3 is 11.1 Å². The second kappa shape index (κ2) is 6.78. The highest BCUT2D eigenvalue weighted by Crippen LogP contribution is 2.31. The Morgan fingerprint density at radius 3 is 2.83 bits per heavy atom. The summed E-state index contributed by atoms with van der Waals surface area (Å²) in [5.41, 5.74) is 7.00. The molecule has 0 bridgehead atoms. The van der Waals surface area contributed by atoms with Crippen LogP contribution in [0.2, 0.25) is 0 Å². The number of carbonyl (C=O) groups excluding carboxylic acids is 1. The molecule has 0 radical (unpaired) electrons. The van der Waals surface area contributed by atoms with E-state index < -0.39 is 0 Å². The molecule has 3 N–H and O–H groups in total. The third-order valence-corrected chi connectivity index (χ3v) is 4.89. The number of hydrogen-bond donors (Lipinski definition) is 2. The van der Waals surface area contributed by atoms with E-state index in [1.807, 2.05) is 20.8 Å². The van der Waals surface area contributed by atoms with Gasteiger partial charge in [0.15, 0.2) is 0 Å². The number of thiophene rings is 1. The number of aryl methyl sites for hydroxylation is 1. The fourth-order valence-electron chi connectivity index (χ4n) is 1.30. The molecule has 4 nitrogen and oxygen atoms in total. The lowest BCUT2D eigenvalue weighted by Gasteiger charge is -2.07. The number of amides is 1. The normalized spacial score (nSPS) is 11.9. The minimum atomic E-state index is -0.0851. The van der Waals surface area contributed by atoms with Crippen molar-refractivity contribution in [3.8, 4) is 6.07 Å². The monoisotopic (exact) mass is 283 g/mol. The van der Waals surface area contributed by atoms with Gasteiger partial charge in [0.25, 0.3) is 0 Å². The number of nitriles is 1. The van der Waals surface area contributed by atoms with Crippen LogP contribution in [0.15, 0.2) is 0 Å². The fraction of sp³-hybridized carbons (Fsp3) is 0.500. The summed E-state index contributed by atoms with van der Waals surface area (Å²) < 4.78 is 0. The van der Waals surface area contributed by atoms with E-state index in [1.54, 1.807) is 0 Å². The fourth-order valence-corrected chi connectivity index (χ4v) is 2.97. The standard InChI is InChI=1S/C12H17N3OS2/c1-7(4-13)17-6-11(16)15-12-10(5-14)8(2)9(3)18-12/h7H,4,6,13H2,1-3H3,(H,15,16). The van der Waals surface area contributed by atoms with E-state index >= 15 is 0 Å². The van der Waals surface area contributed by atoms with Crippen molar-refractivity contribution >= 4 is 34.0 Å². The summed E-state index contributed by atoms with van der Waals surface area (Å²) in [7, 11) is 0. The first kappa shape index (κ1) is 15.0. The zero-order chi connectivity index (χ0) is 13.7. The second-order valence-corrected chi connectivity index (χ2v) is 6.66. The Bertz CT molecular complexity index is 476. The lowest BCUT2D eigenvalue weighted by molar-refractivity contribution is -0.113. The van der Waals surface area contributed by atoms with Gasteiger partial charge in [-0.25, -0.2) is 0 Å². The molecule has 1 unspecified atom stereocenters. The van der Waals surface area contributed by atoms with Crippen molar-refractivity contribution in [1.29, 1.82) is 5.26 Å². The van der Waals surface area contributed by atoms with Crippen LogP contribution >= 0.6 is 23.1 Å². The van der Waals surface area contributed by atoms with Crippen molar-refractivity contribution in [1.82, 2.24) is 0 Å². The van der Waals surface area contributed by atoms with Crippen molar-refractivity contribution in [3.05, 3.63) is 16.0 Å². The van der Waals surface area contributed by atoms with Crippen LogP contribution < -0.4 is 11.1 Å². The van der Waals surface area contributed by atoms with E-state index in [-0.39, 0.29) is 11.2 Å². The lowest BCUT2D eigenvalue weighted by atomic mass is 10.2. The Hall–Kier alpha value is -1.03. The van der Waals surface area contributed by atoms with Gasteiger partial charge in [-0.3, -0.25) is 4.79 Å². The molecule has 1 aromatic heterocycles. The summed E-state index contributed by atoms with van der Waals surface area (Å²) in [6.07, 6.45) is 0. The first-order valence-corrected chi connectivity index (χ1v) is 7.47. The van der Waals surface area contributed by atoms with Crippen LogP contribution in [0.3, 0.4) is 0 Å². The van der Waals surface area contributed by atoms with Crippen LogP contribution in [0.1, 0.15) is 22.9 Å². The second-order valence-electron chi connectivity index (χ2n) is 4.00. The zero-order valence-electron chi connectivity index (χ0n) is 10.7. The molecule has 1 amide bonds. The van der Waals surface area contributed by atoms with E-state index in [1.165, 1.54) is 23.1 Å². The molecule has 0 aliphatic heterocycles. The maximum Gasteiger partial charge on any atom is 0.235 e. The van der Waals surface area contributed by atoms with Crippen LogP contribution in [-0.2, 0) is 4.79 Å². The number of hydrogen-bond acceptors (Lipinski definition) is 5. The zero-order valence-corrected chi connectivity index (χ0v) is 12.4. The Labute approximate surface area is 116 Å². The molecule has 0 aliphatic carbocycles. The molecule has 1 rings (SSSR count). The van der Waals surface area contributed by atoms with Gasteiger partial charge in [-0.05, 0) is 19.4 Å². The van der Waals surface area contributed by atoms with Gasteiger partial charge in [-0.2, -0.15) is 5.26 Å². The molecule has 6 heteroatoms. The quantitative estimate of drug-likeness (QED) is 0.868. The van der Waals surface area contributed by atoms with Crippen molar-refractivity contribution in [2.24, 2.45) is 5.73 Å². The average molecular weight is 283 g/mol. The summed E-state index contributed by atoms with van der Waals surface area (Å²) >= 11 is 2.96. The third-order valence-electron chi connectivity index (χ3n) is 2.58. The van der Waals surface area contributed by atoms with Gasteiger partial charge in [0.05, 0.1) is 11.3 Å². The highest BCUT2D eigenvalue weighted by Gasteiger charge is 2.14. The van der Waals surface area contributed by atoms with Crippen LogP contribution in [-0.4, -0.2) is 23.5 Å². The third kappa shape index (κ3) is 3.73. The minimum Gasteiger partial charge on any atom is -0.329 e. The van der Waals surface area contributed by atoms with Gasteiger partial charge in [0.2, 0.25) is 5.91 Å². The minimum absolute atomic E-state index is 0.0851. The molecule has 0 saturated carbocycles. The summed E-state index contributed by atoms with van der Waals surface area (Å²) in [5, 5.41) is 12.8. The summed E-state index contributed by atoms with van der Waals surface area (Å²) in [6.45, 7) is 6.38. The van der Waals surface area contributed by atoms with E-state index in [4.69, 9.17) is 11.0 Å². The van der Waals surface area contributed by atoms with Gasteiger partial charge >= 0.3 is 0 Å². The predicted molar refractivity (Wildman–Crippen MR) is 78.1 cm³/mol. The number of carbonyl (C=O) groups is 1. The molecule has 0 aliphatic rings. The van der Waals surface area contributed by atoms with Crippen molar-refractivity contribution in [3.63, 3.8) is 0 Å². The Balaban J connectivity index is 2.66. The first-order chi connectivity index (χ1) is 8.49. The van der Waals surface area contributed by atoms with Gasteiger partial charge in [0, 0.05) is 16.7 Å². The van der Waals surface area contributed by atoms with Crippen LogP contribution in [0.4, 0.5) is 5.00 Å². The van der Waals surface area contributed by atoms with Gasteiger partial charge in [-0.1, -0.05) is 6.92 Å². The van der Waals surface area contributed by atoms with Gasteiger partial charge in [-0.15, -0.1) is 23.1 Å². The Morgan fingerprint density at radius 1 is 1.61 bits per heavy atom. The number of rotatable bonds is 5. The molecule has 1 aromatic rings. The van der Waals surface area contributed by atoms with E-state index in [0.717, 1.165) is 10.4 Å². The number of nitrogens with one attached hydrogen (secondary N) is 1. The summed E-state index contributed by atoms with van der Waals surface area (Å²) in [6, 6.07) is 2.13. The molecule has 0 aromatic carbocycles. The molecule has 0 fully saturated rings. The van der Waals surface area contributed by atoms with Crippen molar-refractivity contribution in [2.45, 2.75) is 26.0 Å². The first-order valence-electron chi connectivity index (χ1n) is 5.61. The maximum atomic E-state index is 11.7. The molecule has 18 heavy (non-hydrogen) atoms. The highest BCUT2D eigenvalue weighted by molar-refractivity contribution is 8.00. The molecule has 1 atom stereocenters. The number of anilines is 1. The Morgan fingerprint density at radius 2 is 2.28 bits per heavy atom. The van der Waals surface area contributed by atoms with E-state index in [9.17, 15) is 4.79 Å². The number of thioether (sulfide) groups is 1. The van der Waals surface area contributed by atoms with Crippen molar-refractivity contribution in [2.75, 3.05) is 17.6 Å². The molecular weight excluding hydrogens is 266 g/mol. The molecule has 1 heterocycles. The molecule has 98 valence electrons. The average Bonchev–Trinajstić information content (AvgIpc) is 2.61. The molecular formula is C12H17N3OS2. The van der Waals surface area contributed by atoms with E-state index in [0.29, 0.717) is 22.9 Å². The SMILES string of the molecule is Cc1sc(NC(=O)CSC(C)CN)c(C#N)c1C. The predicted octanol–water partition coefficient (Wildman–Crippen LogP) is 2.26. The van der Waals surface area contributed by atoms with Gasteiger partial charge in [0.1, 0.15) is 11.1 Å². The van der Waals surface area contributed by atoms with Crippen molar-refractivity contribution < 1.29 is 4.79 Å².